The van der Waals surface area contributed by atoms with Gasteiger partial charge in [0.15, 0.2) is 11.7 Å². The SMILES string of the molecule is CCC1(C)c2ccc(C#N)c3ccc4c5c(c[n+](c4c23)C1(C)CC)N(C)C(=O)C5(C)C. The molecule has 4 nitrogen and oxygen atoms in total. The summed E-state index contributed by atoms with van der Waals surface area (Å²) in [5.41, 5.74) is 4.42. The number of anilines is 1. The molecule has 158 valence electrons. The molecule has 1 amide bonds. The maximum atomic E-state index is 13.2. The molecule has 3 aromatic rings. The molecule has 0 saturated carbocycles. The van der Waals surface area contributed by atoms with Crippen molar-refractivity contribution in [3.05, 3.63) is 47.2 Å². The zero-order valence-electron chi connectivity index (χ0n) is 19.6. The second kappa shape index (κ2) is 5.85. The van der Waals surface area contributed by atoms with E-state index in [0.29, 0.717) is 5.56 Å². The van der Waals surface area contributed by atoms with Crippen LogP contribution >= 0.6 is 0 Å². The Hall–Kier alpha value is -2.93. The van der Waals surface area contributed by atoms with E-state index in [2.05, 4.69) is 62.7 Å². The van der Waals surface area contributed by atoms with Gasteiger partial charge in [-0.1, -0.05) is 26.0 Å². The van der Waals surface area contributed by atoms with Gasteiger partial charge in [-0.25, -0.2) is 0 Å². The molecule has 0 N–H and O–H groups in total. The number of hydrogen-bond donors (Lipinski definition) is 0. The number of nitriles is 1. The van der Waals surface area contributed by atoms with Crippen molar-refractivity contribution in [3.63, 3.8) is 0 Å². The maximum Gasteiger partial charge on any atom is 0.237 e. The summed E-state index contributed by atoms with van der Waals surface area (Å²) in [5.74, 6) is 0.128. The van der Waals surface area contributed by atoms with E-state index in [-0.39, 0.29) is 16.9 Å². The Morgan fingerprint density at radius 3 is 2.32 bits per heavy atom. The second-order valence-electron chi connectivity index (χ2n) is 10.2. The lowest BCUT2D eigenvalue weighted by Gasteiger charge is -2.45. The fourth-order valence-electron chi connectivity index (χ4n) is 6.45. The van der Waals surface area contributed by atoms with Crippen LogP contribution in [0.25, 0.3) is 21.7 Å². The number of hydrogen-bond acceptors (Lipinski definition) is 2. The van der Waals surface area contributed by atoms with Gasteiger partial charge in [0.1, 0.15) is 5.69 Å². The van der Waals surface area contributed by atoms with E-state index in [4.69, 9.17) is 0 Å². The molecule has 2 aliphatic heterocycles. The van der Waals surface area contributed by atoms with Crippen molar-refractivity contribution in [3.8, 4) is 6.07 Å². The minimum absolute atomic E-state index is 0.106. The summed E-state index contributed by atoms with van der Waals surface area (Å²) in [6.45, 7) is 13.3. The van der Waals surface area contributed by atoms with Crippen molar-refractivity contribution < 1.29 is 9.36 Å². The Balaban J connectivity index is 2.12. The van der Waals surface area contributed by atoms with E-state index in [0.717, 1.165) is 40.4 Å². The van der Waals surface area contributed by atoms with Crippen LogP contribution in [0.4, 0.5) is 5.69 Å². The van der Waals surface area contributed by atoms with E-state index in [1.165, 1.54) is 10.9 Å². The molecule has 0 bridgehead atoms. The highest BCUT2D eigenvalue weighted by Gasteiger charge is 2.57. The molecule has 5 rings (SSSR count). The zero-order chi connectivity index (χ0) is 22.5. The van der Waals surface area contributed by atoms with Crippen LogP contribution in [-0.4, -0.2) is 13.0 Å². The van der Waals surface area contributed by atoms with Gasteiger partial charge >= 0.3 is 0 Å². The van der Waals surface area contributed by atoms with Gasteiger partial charge in [0.2, 0.25) is 11.4 Å². The van der Waals surface area contributed by atoms with Gasteiger partial charge in [-0.05, 0) is 44.9 Å². The first-order valence-electron chi connectivity index (χ1n) is 11.3. The Morgan fingerprint density at radius 2 is 1.71 bits per heavy atom. The minimum atomic E-state index is -0.585. The summed E-state index contributed by atoms with van der Waals surface area (Å²) in [5, 5.41) is 13.1. The number of nitrogens with zero attached hydrogens (tertiary/aromatic N) is 3. The summed E-state index contributed by atoms with van der Waals surface area (Å²) >= 11 is 0. The number of benzene rings is 2. The average molecular weight is 413 g/mol. The fraction of sp³-hybridized carbons (Fsp3) is 0.444. The van der Waals surface area contributed by atoms with Crippen LogP contribution in [0.1, 0.15) is 71.1 Å². The number of carbonyl (C=O) groups excluding carboxylic acids is 1. The third-order valence-corrected chi connectivity index (χ3v) is 8.83. The Bertz CT molecular complexity index is 1360. The molecule has 0 fully saturated rings. The van der Waals surface area contributed by atoms with Gasteiger partial charge < -0.3 is 4.90 Å². The van der Waals surface area contributed by atoms with E-state index in [1.807, 2.05) is 31.9 Å². The normalized spacial score (nSPS) is 26.0. The lowest BCUT2D eigenvalue weighted by atomic mass is 9.61. The summed E-state index contributed by atoms with van der Waals surface area (Å²) in [6, 6.07) is 10.8. The molecule has 2 aromatic carbocycles. The fourth-order valence-corrected chi connectivity index (χ4v) is 6.45. The highest BCUT2D eigenvalue weighted by Crippen LogP contribution is 2.53. The number of amides is 1. The van der Waals surface area contributed by atoms with Crippen molar-refractivity contribution >= 4 is 33.3 Å². The van der Waals surface area contributed by atoms with Crippen molar-refractivity contribution in [2.24, 2.45) is 0 Å². The molecule has 4 heteroatoms. The quantitative estimate of drug-likeness (QED) is 0.428. The smallest absolute Gasteiger partial charge is 0.237 e. The lowest BCUT2D eigenvalue weighted by molar-refractivity contribution is -0.750. The van der Waals surface area contributed by atoms with Crippen LogP contribution in [0, 0.1) is 11.3 Å². The van der Waals surface area contributed by atoms with Crippen LogP contribution in [-0.2, 0) is 21.2 Å². The van der Waals surface area contributed by atoms with Crippen LogP contribution < -0.4 is 9.47 Å². The van der Waals surface area contributed by atoms with Gasteiger partial charge in [-0.2, -0.15) is 9.83 Å². The van der Waals surface area contributed by atoms with Crippen LogP contribution in [0.5, 0.6) is 0 Å². The molecule has 0 spiro atoms. The number of pyridine rings is 1. The predicted octanol–water partition coefficient (Wildman–Crippen LogP) is 5.21. The van der Waals surface area contributed by atoms with Crippen LogP contribution in [0.15, 0.2) is 30.5 Å². The summed E-state index contributed by atoms with van der Waals surface area (Å²) in [4.78, 5) is 15.0. The molecule has 1 aromatic heterocycles. The number of rotatable bonds is 2. The first-order chi connectivity index (χ1) is 14.6. The van der Waals surface area contributed by atoms with Crippen molar-refractivity contribution in [2.45, 2.75) is 70.8 Å². The largest absolute Gasteiger partial charge is 0.309 e. The number of fused-ring (bicyclic) bond motifs is 2. The first-order valence-corrected chi connectivity index (χ1v) is 11.3. The van der Waals surface area contributed by atoms with Crippen LogP contribution in [0.3, 0.4) is 0 Å². The van der Waals surface area contributed by atoms with Crippen molar-refractivity contribution in [2.75, 3.05) is 11.9 Å². The number of likely N-dealkylation sites (N-methyl/N-ethyl adjacent to an activating group) is 1. The maximum absolute atomic E-state index is 13.2. The molecular weight excluding hydrogens is 382 g/mol. The molecule has 0 radical (unpaired) electrons. The molecule has 0 saturated heterocycles. The van der Waals surface area contributed by atoms with Crippen LogP contribution in [0.2, 0.25) is 0 Å². The third-order valence-electron chi connectivity index (χ3n) is 8.83. The van der Waals surface area contributed by atoms with Crippen molar-refractivity contribution in [1.82, 2.24) is 0 Å². The first kappa shape index (κ1) is 20.0. The molecule has 0 aliphatic carbocycles. The molecule has 31 heavy (non-hydrogen) atoms. The minimum Gasteiger partial charge on any atom is -0.309 e. The number of aromatic nitrogens is 1. The van der Waals surface area contributed by atoms with E-state index < -0.39 is 5.41 Å². The van der Waals surface area contributed by atoms with Gasteiger partial charge in [-0.3, -0.25) is 4.79 Å². The molecular formula is C27H30N3O+. The van der Waals surface area contributed by atoms with Gasteiger partial charge in [0.05, 0.1) is 33.2 Å². The van der Waals surface area contributed by atoms with E-state index in [9.17, 15) is 10.1 Å². The monoisotopic (exact) mass is 412 g/mol. The highest BCUT2D eigenvalue weighted by molar-refractivity contribution is 6.16. The Kier molecular flexibility index (Phi) is 3.78. The molecule has 2 atom stereocenters. The predicted molar refractivity (Wildman–Crippen MR) is 124 cm³/mol. The Morgan fingerprint density at radius 1 is 1.03 bits per heavy atom. The van der Waals surface area contributed by atoms with Crippen molar-refractivity contribution in [1.29, 1.82) is 5.26 Å². The molecule has 2 unspecified atom stereocenters. The Labute approximate surface area is 184 Å². The van der Waals surface area contributed by atoms with E-state index in [1.54, 1.807) is 0 Å². The zero-order valence-corrected chi connectivity index (χ0v) is 19.6. The second-order valence-corrected chi connectivity index (χ2v) is 10.2. The average Bonchev–Trinajstić information content (AvgIpc) is 2.95. The third kappa shape index (κ3) is 2.01. The molecule has 3 heterocycles. The summed E-state index contributed by atoms with van der Waals surface area (Å²) in [7, 11) is 1.89. The standard InChI is InChI=1S/C27H30N3O/c1-8-26(5)19-13-10-16(14-28)17-11-12-18-22-20(29(7)24(31)25(22,3)4)15-30(23(18)21(17)19)27(26,6)9-2/h10-13,15H,8-9H2,1-7H3/q+1. The van der Waals surface area contributed by atoms with Gasteiger partial charge in [-0.15, -0.1) is 0 Å². The topological polar surface area (TPSA) is 48.0 Å². The van der Waals surface area contributed by atoms with Gasteiger partial charge in [0, 0.05) is 31.3 Å². The number of carbonyl (C=O) groups is 1. The van der Waals surface area contributed by atoms with E-state index >= 15 is 0 Å². The summed E-state index contributed by atoms with van der Waals surface area (Å²) in [6.07, 6.45) is 4.16. The molecule has 2 aliphatic rings. The van der Waals surface area contributed by atoms with Gasteiger partial charge in [0.25, 0.3) is 0 Å². The summed E-state index contributed by atoms with van der Waals surface area (Å²) < 4.78 is 2.44. The lowest BCUT2D eigenvalue weighted by Crippen LogP contribution is -2.66. The highest BCUT2D eigenvalue weighted by atomic mass is 16.2.